The zero-order chi connectivity index (χ0) is 15.7. The number of aliphatic carboxylic acids is 1. The van der Waals surface area contributed by atoms with Crippen molar-refractivity contribution in [3.63, 3.8) is 0 Å². The van der Waals surface area contributed by atoms with Crippen LogP contribution in [0.1, 0.15) is 23.0 Å². The van der Waals surface area contributed by atoms with Gasteiger partial charge in [0, 0.05) is 17.9 Å². The highest BCUT2D eigenvalue weighted by Gasteiger charge is 2.22. The lowest BCUT2D eigenvalue weighted by atomic mass is 10.0. The van der Waals surface area contributed by atoms with Gasteiger partial charge in [-0.15, -0.1) is 11.3 Å². The first-order valence-electron chi connectivity index (χ1n) is 6.06. The van der Waals surface area contributed by atoms with Crippen molar-refractivity contribution in [1.29, 1.82) is 0 Å². The van der Waals surface area contributed by atoms with E-state index in [1.165, 1.54) is 20.1 Å². The highest BCUT2D eigenvalue weighted by atomic mass is 32.1. The first-order chi connectivity index (χ1) is 9.85. The molecule has 0 aliphatic carbocycles. The average molecular weight is 314 g/mol. The number of fused-ring (bicyclic) bond motifs is 1. The number of carbonyl (C=O) groups excluding carboxylic acids is 1. The fourth-order valence-corrected chi connectivity index (χ4v) is 2.90. The number of rotatable bonds is 5. The second-order valence-corrected chi connectivity index (χ2v) is 5.65. The fraction of sp³-hybridized carbons (Fsp3) is 0.286. The Labute approximate surface area is 123 Å². The van der Waals surface area contributed by atoms with Crippen molar-refractivity contribution in [3.8, 4) is 5.75 Å². The van der Waals surface area contributed by atoms with Gasteiger partial charge in [0.25, 0.3) is 0 Å². The molecular weight excluding hydrogens is 302 g/mol. The summed E-state index contributed by atoms with van der Waals surface area (Å²) in [6.07, 6.45) is -0.220. The van der Waals surface area contributed by atoms with E-state index in [0.717, 1.165) is 17.4 Å². The molecule has 1 aromatic carbocycles. The third kappa shape index (κ3) is 2.87. The van der Waals surface area contributed by atoms with Crippen LogP contribution in [0, 0.1) is 17.6 Å². The molecule has 112 valence electrons. The summed E-state index contributed by atoms with van der Waals surface area (Å²) in [6, 6.07) is 2.16. The molecule has 0 unspecified atom stereocenters. The summed E-state index contributed by atoms with van der Waals surface area (Å²) in [5.74, 6) is -4.06. The van der Waals surface area contributed by atoms with E-state index in [1.807, 2.05) is 0 Å². The molecule has 2 aromatic rings. The molecule has 0 spiro atoms. The van der Waals surface area contributed by atoms with Gasteiger partial charge in [-0.3, -0.25) is 9.59 Å². The number of ether oxygens (including phenoxy) is 1. The van der Waals surface area contributed by atoms with Gasteiger partial charge in [-0.25, -0.2) is 8.78 Å². The molecule has 1 N–H and O–H groups in total. The Bertz CT molecular complexity index is 723. The molecule has 0 saturated carbocycles. The van der Waals surface area contributed by atoms with Crippen LogP contribution in [-0.4, -0.2) is 24.0 Å². The lowest BCUT2D eigenvalue weighted by Gasteiger charge is -2.02. The number of Topliss-reactive ketones (excluding diaryl/α,β-unsaturated/α-hetero) is 1. The van der Waals surface area contributed by atoms with E-state index in [4.69, 9.17) is 9.84 Å². The topological polar surface area (TPSA) is 63.6 Å². The van der Waals surface area contributed by atoms with Gasteiger partial charge in [-0.2, -0.15) is 0 Å². The standard InChI is InChI=1S/C14H12F2O4S/c1-6(14(18)19)3-9(17)11-4-7-8(15)5-10(20-2)12(16)13(7)21-11/h4-6H,3H2,1-2H3,(H,18,19)/t6-/m0/s1. The number of methoxy groups -OCH3 is 1. The maximum Gasteiger partial charge on any atom is 0.306 e. The van der Waals surface area contributed by atoms with Crippen LogP contribution in [-0.2, 0) is 4.79 Å². The van der Waals surface area contributed by atoms with Crippen molar-refractivity contribution < 1.29 is 28.2 Å². The van der Waals surface area contributed by atoms with Gasteiger partial charge in [-0.05, 0) is 6.07 Å². The van der Waals surface area contributed by atoms with Crippen LogP contribution in [0.25, 0.3) is 10.1 Å². The monoisotopic (exact) mass is 314 g/mol. The molecule has 0 amide bonds. The lowest BCUT2D eigenvalue weighted by molar-refractivity contribution is -0.141. The predicted octanol–water partition coefficient (Wildman–Crippen LogP) is 3.48. The van der Waals surface area contributed by atoms with E-state index in [2.05, 4.69) is 0 Å². The fourth-order valence-electron chi connectivity index (χ4n) is 1.85. The van der Waals surface area contributed by atoms with Gasteiger partial charge in [0.15, 0.2) is 17.3 Å². The van der Waals surface area contributed by atoms with Gasteiger partial charge in [0.2, 0.25) is 0 Å². The molecule has 21 heavy (non-hydrogen) atoms. The number of halogens is 2. The number of carboxylic acids is 1. The number of carbonyl (C=O) groups is 2. The Kier molecular flexibility index (Phi) is 4.22. The van der Waals surface area contributed by atoms with E-state index in [1.54, 1.807) is 0 Å². The zero-order valence-electron chi connectivity index (χ0n) is 11.3. The summed E-state index contributed by atoms with van der Waals surface area (Å²) in [6.45, 7) is 1.40. The van der Waals surface area contributed by atoms with Gasteiger partial charge in [0.05, 0.1) is 22.6 Å². The van der Waals surface area contributed by atoms with Gasteiger partial charge in [-0.1, -0.05) is 6.92 Å². The molecule has 0 radical (unpaired) electrons. The number of ketones is 1. The number of thiophene rings is 1. The molecule has 0 bridgehead atoms. The minimum absolute atomic E-state index is 0.00960. The van der Waals surface area contributed by atoms with Crippen LogP contribution in [0.3, 0.4) is 0 Å². The Morgan fingerprint density at radius 2 is 2.05 bits per heavy atom. The first kappa shape index (κ1) is 15.4. The molecule has 4 nitrogen and oxygen atoms in total. The van der Waals surface area contributed by atoms with Crippen LogP contribution in [0.2, 0.25) is 0 Å². The number of hydrogen-bond acceptors (Lipinski definition) is 4. The molecule has 2 rings (SSSR count). The van der Waals surface area contributed by atoms with Gasteiger partial charge >= 0.3 is 5.97 Å². The second kappa shape index (κ2) is 5.77. The van der Waals surface area contributed by atoms with E-state index in [0.29, 0.717) is 0 Å². The molecule has 7 heteroatoms. The molecule has 0 fully saturated rings. The second-order valence-electron chi connectivity index (χ2n) is 4.59. The molecule has 0 aliphatic heterocycles. The van der Waals surface area contributed by atoms with Crippen LogP contribution in [0.15, 0.2) is 12.1 Å². The molecule has 1 heterocycles. The highest BCUT2D eigenvalue weighted by Crippen LogP contribution is 2.35. The maximum absolute atomic E-state index is 14.0. The Balaban J connectivity index is 2.43. The van der Waals surface area contributed by atoms with Crippen molar-refractivity contribution in [1.82, 2.24) is 0 Å². The average Bonchev–Trinajstić information content (AvgIpc) is 2.88. The first-order valence-corrected chi connectivity index (χ1v) is 6.88. The molecular formula is C14H12F2O4S. The summed E-state index contributed by atoms with van der Waals surface area (Å²) in [5.41, 5.74) is 0. The van der Waals surface area contributed by atoms with Crippen molar-refractivity contribution in [2.75, 3.05) is 7.11 Å². The highest BCUT2D eigenvalue weighted by molar-refractivity contribution is 7.20. The summed E-state index contributed by atoms with van der Waals surface area (Å²) >= 11 is 0.792. The Morgan fingerprint density at radius 3 is 2.62 bits per heavy atom. The Hall–Kier alpha value is -2.02. The van der Waals surface area contributed by atoms with E-state index in [-0.39, 0.29) is 27.1 Å². The SMILES string of the molecule is COc1cc(F)c2cc(C(=O)C[C@H](C)C(=O)O)sc2c1F. The van der Waals surface area contributed by atoms with Crippen molar-refractivity contribution in [2.45, 2.75) is 13.3 Å². The number of hydrogen-bond donors (Lipinski definition) is 1. The van der Waals surface area contributed by atoms with Crippen LogP contribution in [0.5, 0.6) is 5.75 Å². The molecule has 0 aliphatic rings. The van der Waals surface area contributed by atoms with Crippen molar-refractivity contribution >= 4 is 33.2 Å². The van der Waals surface area contributed by atoms with Crippen LogP contribution < -0.4 is 4.74 Å². The van der Waals surface area contributed by atoms with Crippen LogP contribution in [0.4, 0.5) is 8.78 Å². The molecule has 1 atom stereocenters. The van der Waals surface area contributed by atoms with E-state index in [9.17, 15) is 18.4 Å². The minimum Gasteiger partial charge on any atom is -0.494 e. The smallest absolute Gasteiger partial charge is 0.306 e. The largest absolute Gasteiger partial charge is 0.494 e. The van der Waals surface area contributed by atoms with E-state index < -0.39 is 29.3 Å². The van der Waals surface area contributed by atoms with Crippen LogP contribution >= 0.6 is 11.3 Å². The zero-order valence-corrected chi connectivity index (χ0v) is 12.1. The maximum atomic E-state index is 14.0. The van der Waals surface area contributed by atoms with Gasteiger partial charge < -0.3 is 9.84 Å². The molecule has 1 aromatic heterocycles. The summed E-state index contributed by atoms with van der Waals surface area (Å²) in [5, 5.41) is 8.78. The molecule has 0 saturated heterocycles. The quantitative estimate of drug-likeness (QED) is 0.858. The van der Waals surface area contributed by atoms with Crippen molar-refractivity contribution in [3.05, 3.63) is 28.6 Å². The Morgan fingerprint density at radius 1 is 1.38 bits per heavy atom. The van der Waals surface area contributed by atoms with E-state index >= 15 is 0 Å². The normalized spacial score (nSPS) is 12.4. The third-order valence-corrected chi connectivity index (χ3v) is 4.24. The summed E-state index contributed by atoms with van der Waals surface area (Å²) in [7, 11) is 1.22. The summed E-state index contributed by atoms with van der Waals surface area (Å²) < 4.78 is 32.6. The lowest BCUT2D eigenvalue weighted by Crippen LogP contribution is -2.13. The number of carboxylic acid groups (broad SMARTS) is 1. The van der Waals surface area contributed by atoms with Gasteiger partial charge in [0.1, 0.15) is 5.82 Å². The number of benzene rings is 1. The minimum atomic E-state index is -1.09. The third-order valence-electron chi connectivity index (χ3n) is 3.07. The summed E-state index contributed by atoms with van der Waals surface area (Å²) in [4.78, 5) is 22.9. The predicted molar refractivity (Wildman–Crippen MR) is 74.0 cm³/mol. The van der Waals surface area contributed by atoms with Crippen molar-refractivity contribution in [2.24, 2.45) is 5.92 Å².